The molecule has 4 heteroatoms. The molecular formula is C32H62O2S2. The van der Waals surface area contributed by atoms with Crippen LogP contribution >= 0.6 is 24.4 Å². The molecule has 0 fully saturated rings. The molecule has 0 amide bonds. The van der Waals surface area contributed by atoms with E-state index in [4.69, 9.17) is 33.9 Å². The SMILES string of the molecule is CCCCCCCCCCCCOC(=S)CCCCCCC(=S)OCCCCCCCCCCCC. The predicted octanol–water partition coefficient (Wildman–Crippen LogP) is 11.9. The van der Waals surface area contributed by atoms with Crippen LogP contribution in [0.4, 0.5) is 0 Å². The third-order valence-corrected chi connectivity index (χ3v) is 7.68. The van der Waals surface area contributed by atoms with Crippen molar-refractivity contribution in [2.24, 2.45) is 0 Å². The molecule has 0 saturated carbocycles. The first-order valence-corrected chi connectivity index (χ1v) is 16.8. The molecule has 2 nitrogen and oxygen atoms in total. The Morgan fingerprint density at radius 3 is 0.917 bits per heavy atom. The topological polar surface area (TPSA) is 18.5 Å². The second-order valence-corrected chi connectivity index (χ2v) is 11.6. The fourth-order valence-corrected chi connectivity index (χ4v) is 5.04. The molecule has 0 unspecified atom stereocenters. The third kappa shape index (κ3) is 30.0. The average molecular weight is 543 g/mol. The molecule has 0 saturated heterocycles. The standard InChI is InChI=1S/C32H62O2S2/c1-3-5-7-9-11-13-15-17-21-25-29-33-31(35)27-23-19-20-24-28-32(36)34-30-26-22-18-16-14-12-10-8-6-4-2/h3-30H2,1-2H3. The van der Waals surface area contributed by atoms with Gasteiger partial charge in [-0.25, -0.2) is 0 Å². The van der Waals surface area contributed by atoms with Gasteiger partial charge < -0.3 is 9.47 Å². The van der Waals surface area contributed by atoms with Crippen LogP contribution in [0.5, 0.6) is 0 Å². The van der Waals surface area contributed by atoms with Gasteiger partial charge >= 0.3 is 0 Å². The smallest absolute Gasteiger partial charge is 0.159 e. The van der Waals surface area contributed by atoms with Crippen LogP contribution in [0.1, 0.15) is 181 Å². The Bertz CT molecular complexity index is 425. The van der Waals surface area contributed by atoms with Crippen LogP contribution in [0.3, 0.4) is 0 Å². The van der Waals surface area contributed by atoms with Crippen LogP contribution in [0, 0.1) is 0 Å². The summed E-state index contributed by atoms with van der Waals surface area (Å²) < 4.78 is 11.5. The number of hydrogen-bond donors (Lipinski definition) is 0. The van der Waals surface area contributed by atoms with Gasteiger partial charge in [-0.15, -0.1) is 0 Å². The fourth-order valence-electron chi connectivity index (χ4n) is 4.59. The number of ether oxygens (including phenoxy) is 2. The second kappa shape index (κ2) is 31.0. The van der Waals surface area contributed by atoms with Crippen LogP contribution in [0.2, 0.25) is 0 Å². The molecule has 0 aromatic carbocycles. The second-order valence-electron chi connectivity index (χ2n) is 10.7. The molecular weight excluding hydrogens is 480 g/mol. The van der Waals surface area contributed by atoms with Gasteiger partial charge in [0.1, 0.15) is 0 Å². The molecule has 0 heterocycles. The summed E-state index contributed by atoms with van der Waals surface area (Å²) in [6.07, 6.45) is 33.6. The minimum Gasteiger partial charge on any atom is -0.487 e. The van der Waals surface area contributed by atoms with Crippen molar-refractivity contribution < 1.29 is 9.47 Å². The number of rotatable bonds is 29. The largest absolute Gasteiger partial charge is 0.487 e. The first-order chi connectivity index (χ1) is 17.7. The summed E-state index contributed by atoms with van der Waals surface area (Å²) in [5.74, 6) is 0. The van der Waals surface area contributed by atoms with E-state index < -0.39 is 0 Å². The summed E-state index contributed by atoms with van der Waals surface area (Å²) >= 11 is 10.8. The first kappa shape index (κ1) is 35.8. The maximum atomic E-state index is 5.75. The first-order valence-electron chi connectivity index (χ1n) is 16.0. The highest BCUT2D eigenvalue weighted by Crippen LogP contribution is 2.13. The molecule has 214 valence electrons. The lowest BCUT2D eigenvalue weighted by atomic mass is 10.1. The van der Waals surface area contributed by atoms with Gasteiger partial charge in [0.25, 0.3) is 0 Å². The molecule has 0 rings (SSSR count). The van der Waals surface area contributed by atoms with Gasteiger partial charge in [0, 0.05) is 12.8 Å². The highest BCUT2D eigenvalue weighted by molar-refractivity contribution is 7.80. The van der Waals surface area contributed by atoms with E-state index in [0.29, 0.717) is 0 Å². The maximum Gasteiger partial charge on any atom is 0.159 e. The van der Waals surface area contributed by atoms with Crippen molar-refractivity contribution in [3.05, 3.63) is 0 Å². The van der Waals surface area contributed by atoms with Crippen LogP contribution in [-0.2, 0) is 9.47 Å². The van der Waals surface area contributed by atoms with Gasteiger partial charge in [0.05, 0.1) is 13.2 Å². The van der Waals surface area contributed by atoms with Crippen molar-refractivity contribution >= 4 is 34.5 Å². The van der Waals surface area contributed by atoms with Gasteiger partial charge in [-0.05, 0) is 50.1 Å². The van der Waals surface area contributed by atoms with E-state index in [9.17, 15) is 0 Å². The quantitative estimate of drug-likeness (QED) is 0.0690. The predicted molar refractivity (Wildman–Crippen MR) is 168 cm³/mol. The molecule has 0 radical (unpaired) electrons. The minimum absolute atomic E-state index is 0.806. The van der Waals surface area contributed by atoms with Crippen molar-refractivity contribution in [2.45, 2.75) is 181 Å². The molecule has 0 aromatic rings. The van der Waals surface area contributed by atoms with Gasteiger partial charge in [0.2, 0.25) is 0 Å². The van der Waals surface area contributed by atoms with Gasteiger partial charge in [-0.2, -0.15) is 0 Å². The van der Waals surface area contributed by atoms with E-state index in [1.54, 1.807) is 0 Å². The Morgan fingerprint density at radius 1 is 0.361 bits per heavy atom. The summed E-state index contributed by atoms with van der Waals surface area (Å²) in [5, 5.41) is 1.61. The molecule has 0 aromatic heterocycles. The van der Waals surface area contributed by atoms with Crippen molar-refractivity contribution in [2.75, 3.05) is 13.2 Å². The molecule has 36 heavy (non-hydrogen) atoms. The monoisotopic (exact) mass is 542 g/mol. The number of unbranched alkanes of at least 4 members (excludes halogenated alkanes) is 21. The van der Waals surface area contributed by atoms with Crippen LogP contribution in [0.25, 0.3) is 0 Å². The summed E-state index contributed by atoms with van der Waals surface area (Å²) in [5.41, 5.74) is 0. The molecule has 0 aliphatic heterocycles. The molecule has 0 bridgehead atoms. The Balaban J connectivity index is 3.26. The Morgan fingerprint density at radius 2 is 0.611 bits per heavy atom. The van der Waals surface area contributed by atoms with Gasteiger partial charge in [0.15, 0.2) is 10.1 Å². The van der Waals surface area contributed by atoms with E-state index in [1.807, 2.05) is 0 Å². The Kier molecular flexibility index (Phi) is 30.8. The average Bonchev–Trinajstić information content (AvgIpc) is 2.87. The van der Waals surface area contributed by atoms with E-state index in [0.717, 1.165) is 61.8 Å². The zero-order valence-electron chi connectivity index (χ0n) is 24.4. The van der Waals surface area contributed by atoms with Crippen molar-refractivity contribution in [3.63, 3.8) is 0 Å². The van der Waals surface area contributed by atoms with E-state index >= 15 is 0 Å². The highest BCUT2D eigenvalue weighted by Gasteiger charge is 2.02. The lowest BCUT2D eigenvalue weighted by Crippen LogP contribution is -2.04. The fraction of sp³-hybridized carbons (Fsp3) is 0.938. The summed E-state index contributed by atoms with van der Waals surface area (Å²) in [4.78, 5) is 0. The zero-order chi connectivity index (χ0) is 26.4. The van der Waals surface area contributed by atoms with E-state index in [2.05, 4.69) is 13.8 Å². The highest BCUT2D eigenvalue weighted by atomic mass is 32.1. The summed E-state index contributed by atoms with van der Waals surface area (Å²) in [6.45, 7) is 6.17. The van der Waals surface area contributed by atoms with Crippen LogP contribution in [-0.4, -0.2) is 23.3 Å². The third-order valence-electron chi connectivity index (χ3n) is 7.03. The molecule has 0 aliphatic rings. The van der Waals surface area contributed by atoms with Crippen LogP contribution < -0.4 is 0 Å². The minimum atomic E-state index is 0.806. The summed E-state index contributed by atoms with van der Waals surface area (Å²) in [7, 11) is 0. The van der Waals surface area contributed by atoms with Gasteiger partial charge in [-0.1, -0.05) is 142 Å². The normalized spacial score (nSPS) is 11.1. The van der Waals surface area contributed by atoms with Crippen molar-refractivity contribution in [3.8, 4) is 0 Å². The van der Waals surface area contributed by atoms with Gasteiger partial charge in [-0.3, -0.25) is 0 Å². The molecule has 0 N–H and O–H groups in total. The molecule has 0 aliphatic carbocycles. The summed E-state index contributed by atoms with van der Waals surface area (Å²) in [6, 6.07) is 0. The van der Waals surface area contributed by atoms with E-state index in [-0.39, 0.29) is 0 Å². The molecule has 0 atom stereocenters. The Hall–Kier alpha value is -0.220. The maximum absolute atomic E-state index is 5.75. The number of hydrogen-bond acceptors (Lipinski definition) is 4. The van der Waals surface area contributed by atoms with E-state index in [1.165, 1.54) is 128 Å². The van der Waals surface area contributed by atoms with Crippen molar-refractivity contribution in [1.82, 2.24) is 0 Å². The molecule has 0 spiro atoms. The number of thiocarbonyl (C=S) groups is 2. The lowest BCUT2D eigenvalue weighted by molar-refractivity contribution is 0.289. The zero-order valence-corrected chi connectivity index (χ0v) is 26.1. The van der Waals surface area contributed by atoms with Crippen molar-refractivity contribution in [1.29, 1.82) is 0 Å². The lowest BCUT2D eigenvalue weighted by Gasteiger charge is -2.09. The van der Waals surface area contributed by atoms with Crippen LogP contribution in [0.15, 0.2) is 0 Å². The Labute approximate surface area is 237 Å².